The molecule has 0 amide bonds. The molecule has 0 radical (unpaired) electrons. The number of halogens is 5. The first-order valence-corrected chi connectivity index (χ1v) is 5.45. The van der Waals surface area contributed by atoms with Crippen molar-refractivity contribution >= 4 is 16.6 Å². The second kappa shape index (κ2) is 4.99. The first kappa shape index (κ1) is 13.5. The van der Waals surface area contributed by atoms with Crippen LogP contribution in [0.5, 0.6) is 0 Å². The average molecular weight is 276 g/mol. The Bertz CT molecular complexity index is 627. The fraction of sp³-hybridized carbons (Fsp3) is 0.250. The summed E-state index contributed by atoms with van der Waals surface area (Å²) in [5.74, 6) is -4.69. The minimum atomic E-state index is -2.94. The monoisotopic (exact) mass is 276 g/mol. The van der Waals surface area contributed by atoms with Gasteiger partial charge in [0.1, 0.15) is 11.2 Å². The first-order valence-electron chi connectivity index (χ1n) is 5.45. The van der Waals surface area contributed by atoms with Gasteiger partial charge in [0.25, 0.3) is 6.43 Å². The van der Waals surface area contributed by atoms with Crippen LogP contribution in [0.3, 0.4) is 0 Å². The Morgan fingerprint density at radius 1 is 1.16 bits per heavy atom. The van der Waals surface area contributed by atoms with E-state index < -0.39 is 35.1 Å². The first-order chi connectivity index (χ1) is 8.95. The van der Waals surface area contributed by atoms with Gasteiger partial charge in [0.2, 0.25) is 0 Å². The summed E-state index contributed by atoms with van der Waals surface area (Å²) < 4.78 is 65.1. The standard InChI is InChI=1S/C12H9F5N2/c1-2-18-7-4-8(12(16)17)19-11-5(7)3-6(13)9(14)10(11)15/h3-4,12H,2H2,1H3,(H,18,19). The number of fused-ring (bicyclic) bond motifs is 1. The van der Waals surface area contributed by atoms with Crippen LogP contribution in [-0.2, 0) is 0 Å². The molecule has 0 aliphatic rings. The minimum Gasteiger partial charge on any atom is -0.385 e. The van der Waals surface area contributed by atoms with E-state index in [-0.39, 0.29) is 11.1 Å². The molecule has 1 heterocycles. The molecule has 0 aliphatic carbocycles. The molecule has 1 aromatic heterocycles. The summed E-state index contributed by atoms with van der Waals surface area (Å²) >= 11 is 0. The average Bonchev–Trinajstić information content (AvgIpc) is 2.37. The summed E-state index contributed by atoms with van der Waals surface area (Å²) in [6.45, 7) is 2.03. The highest BCUT2D eigenvalue weighted by Crippen LogP contribution is 2.31. The molecule has 2 aromatic rings. The Hall–Kier alpha value is -1.92. The third-order valence-corrected chi connectivity index (χ3v) is 2.55. The van der Waals surface area contributed by atoms with E-state index in [1.807, 2.05) is 0 Å². The zero-order valence-electron chi connectivity index (χ0n) is 9.78. The van der Waals surface area contributed by atoms with Crippen LogP contribution >= 0.6 is 0 Å². The number of nitrogens with one attached hydrogen (secondary N) is 1. The number of benzene rings is 1. The Morgan fingerprint density at radius 2 is 1.84 bits per heavy atom. The van der Waals surface area contributed by atoms with Crippen LogP contribution in [0.25, 0.3) is 10.9 Å². The SMILES string of the molecule is CCNc1cc(C(F)F)nc2c(F)c(F)c(F)cc12. The fourth-order valence-corrected chi connectivity index (χ4v) is 1.74. The lowest BCUT2D eigenvalue weighted by Gasteiger charge is -2.11. The van der Waals surface area contributed by atoms with Crippen molar-refractivity contribution in [3.63, 3.8) is 0 Å². The van der Waals surface area contributed by atoms with Gasteiger partial charge in [-0.3, -0.25) is 0 Å². The molecule has 0 aliphatic heterocycles. The molecule has 0 saturated heterocycles. The van der Waals surface area contributed by atoms with Gasteiger partial charge in [-0.05, 0) is 19.1 Å². The van der Waals surface area contributed by atoms with E-state index in [2.05, 4.69) is 10.3 Å². The van der Waals surface area contributed by atoms with Crippen LogP contribution in [0, 0.1) is 17.5 Å². The molecule has 0 bridgehead atoms. The van der Waals surface area contributed by atoms with Gasteiger partial charge in [-0.2, -0.15) is 0 Å². The lowest BCUT2D eigenvalue weighted by Crippen LogP contribution is -2.04. The number of nitrogens with zero attached hydrogens (tertiary/aromatic N) is 1. The maximum atomic E-state index is 13.6. The van der Waals surface area contributed by atoms with Gasteiger partial charge in [-0.15, -0.1) is 0 Å². The molecule has 0 fully saturated rings. The molecule has 0 saturated carbocycles. The van der Waals surface area contributed by atoms with Crippen LogP contribution in [0.2, 0.25) is 0 Å². The molecule has 2 rings (SSSR count). The summed E-state index contributed by atoms with van der Waals surface area (Å²) in [5.41, 5.74) is -1.23. The minimum absolute atomic E-state index is 0.0809. The molecule has 0 atom stereocenters. The number of alkyl halides is 2. The van der Waals surface area contributed by atoms with Crippen molar-refractivity contribution in [3.8, 4) is 0 Å². The Balaban J connectivity index is 2.83. The maximum absolute atomic E-state index is 13.6. The second-order valence-corrected chi connectivity index (χ2v) is 3.81. The van der Waals surface area contributed by atoms with E-state index in [0.717, 1.165) is 12.1 Å². The van der Waals surface area contributed by atoms with Crippen molar-refractivity contribution < 1.29 is 22.0 Å². The number of rotatable bonds is 3. The van der Waals surface area contributed by atoms with Gasteiger partial charge in [0.15, 0.2) is 17.5 Å². The van der Waals surface area contributed by atoms with Crippen LogP contribution < -0.4 is 5.32 Å². The van der Waals surface area contributed by atoms with E-state index in [1.165, 1.54) is 0 Å². The number of hydrogen-bond donors (Lipinski definition) is 1. The molecule has 19 heavy (non-hydrogen) atoms. The van der Waals surface area contributed by atoms with Crippen molar-refractivity contribution in [2.75, 3.05) is 11.9 Å². The van der Waals surface area contributed by atoms with Crippen molar-refractivity contribution in [1.29, 1.82) is 0 Å². The molecule has 1 N–H and O–H groups in total. The summed E-state index contributed by atoms with van der Waals surface area (Å²) in [7, 11) is 0. The van der Waals surface area contributed by atoms with E-state index in [9.17, 15) is 22.0 Å². The highest BCUT2D eigenvalue weighted by Gasteiger charge is 2.20. The summed E-state index contributed by atoms with van der Waals surface area (Å²) in [4.78, 5) is 3.35. The van der Waals surface area contributed by atoms with E-state index in [0.29, 0.717) is 6.54 Å². The fourth-order valence-electron chi connectivity index (χ4n) is 1.74. The quantitative estimate of drug-likeness (QED) is 0.676. The van der Waals surface area contributed by atoms with E-state index >= 15 is 0 Å². The number of aromatic nitrogens is 1. The number of pyridine rings is 1. The molecular weight excluding hydrogens is 267 g/mol. The van der Waals surface area contributed by atoms with Gasteiger partial charge in [0.05, 0.1) is 0 Å². The second-order valence-electron chi connectivity index (χ2n) is 3.81. The van der Waals surface area contributed by atoms with Crippen LogP contribution in [0.15, 0.2) is 12.1 Å². The molecule has 1 aromatic carbocycles. The predicted octanol–water partition coefficient (Wildman–Crippen LogP) is 4.02. The van der Waals surface area contributed by atoms with Gasteiger partial charge >= 0.3 is 0 Å². The highest BCUT2D eigenvalue weighted by molar-refractivity contribution is 5.92. The zero-order valence-corrected chi connectivity index (χ0v) is 9.78. The summed E-state index contributed by atoms with van der Waals surface area (Å²) in [6, 6.07) is 1.72. The van der Waals surface area contributed by atoms with E-state index in [1.54, 1.807) is 6.92 Å². The maximum Gasteiger partial charge on any atom is 0.280 e. The lowest BCUT2D eigenvalue weighted by molar-refractivity contribution is 0.146. The highest BCUT2D eigenvalue weighted by atomic mass is 19.3. The summed E-state index contributed by atoms with van der Waals surface area (Å²) in [6.07, 6.45) is -2.94. The van der Waals surface area contributed by atoms with Crippen LogP contribution in [0.1, 0.15) is 19.0 Å². The Kier molecular flexibility index (Phi) is 3.55. The Morgan fingerprint density at radius 3 is 2.42 bits per heavy atom. The molecule has 2 nitrogen and oxygen atoms in total. The molecular formula is C12H9F5N2. The van der Waals surface area contributed by atoms with Gasteiger partial charge in [0, 0.05) is 17.6 Å². The number of anilines is 1. The normalized spacial score (nSPS) is 11.3. The molecule has 7 heteroatoms. The van der Waals surface area contributed by atoms with Crippen molar-refractivity contribution in [3.05, 3.63) is 35.3 Å². The topological polar surface area (TPSA) is 24.9 Å². The van der Waals surface area contributed by atoms with Crippen molar-refractivity contribution in [1.82, 2.24) is 4.98 Å². The van der Waals surface area contributed by atoms with Gasteiger partial charge in [-0.25, -0.2) is 26.9 Å². The predicted molar refractivity (Wildman–Crippen MR) is 60.7 cm³/mol. The third-order valence-electron chi connectivity index (χ3n) is 2.55. The van der Waals surface area contributed by atoms with Crippen LogP contribution in [-0.4, -0.2) is 11.5 Å². The van der Waals surface area contributed by atoms with Crippen LogP contribution in [0.4, 0.5) is 27.6 Å². The number of hydrogen-bond acceptors (Lipinski definition) is 2. The third kappa shape index (κ3) is 2.32. The molecule has 0 spiro atoms. The van der Waals surface area contributed by atoms with E-state index in [4.69, 9.17) is 0 Å². The van der Waals surface area contributed by atoms with Crippen molar-refractivity contribution in [2.24, 2.45) is 0 Å². The largest absolute Gasteiger partial charge is 0.385 e. The molecule has 102 valence electrons. The zero-order chi connectivity index (χ0) is 14.2. The smallest absolute Gasteiger partial charge is 0.280 e. The molecule has 0 unspecified atom stereocenters. The Labute approximate surface area is 105 Å². The van der Waals surface area contributed by atoms with Gasteiger partial charge in [-0.1, -0.05) is 0 Å². The van der Waals surface area contributed by atoms with Gasteiger partial charge < -0.3 is 5.32 Å². The lowest BCUT2D eigenvalue weighted by atomic mass is 10.1. The van der Waals surface area contributed by atoms with Crippen molar-refractivity contribution in [2.45, 2.75) is 13.3 Å². The summed E-state index contributed by atoms with van der Waals surface area (Å²) in [5, 5.41) is 2.61.